The van der Waals surface area contributed by atoms with Crippen LogP contribution in [0.3, 0.4) is 0 Å². The molecular weight excluding hydrogens is 236 g/mol. The second-order valence-electron chi connectivity index (χ2n) is 3.94. The molecule has 0 saturated carbocycles. The summed E-state index contributed by atoms with van der Waals surface area (Å²) in [6, 6.07) is 0.593. The number of nitrogens with one attached hydrogen (secondary N) is 1. The lowest BCUT2D eigenvalue weighted by Crippen LogP contribution is -2.24. The molecule has 1 aromatic rings. The summed E-state index contributed by atoms with van der Waals surface area (Å²) in [7, 11) is 0. The van der Waals surface area contributed by atoms with Crippen LogP contribution in [0, 0.1) is 6.92 Å². The Labute approximate surface area is 107 Å². The predicted octanol–water partition coefficient (Wildman–Crippen LogP) is 3.59. The third kappa shape index (κ3) is 4.44. The average Bonchev–Trinajstić information content (AvgIpc) is 2.64. The van der Waals surface area contributed by atoms with Gasteiger partial charge in [0.15, 0.2) is 0 Å². The van der Waals surface area contributed by atoms with Crippen molar-refractivity contribution >= 4 is 23.1 Å². The van der Waals surface area contributed by atoms with Gasteiger partial charge in [0.05, 0.1) is 5.69 Å². The van der Waals surface area contributed by atoms with Crippen LogP contribution in [0.15, 0.2) is 0 Å². The van der Waals surface area contributed by atoms with Gasteiger partial charge in [0.25, 0.3) is 0 Å². The lowest BCUT2D eigenvalue weighted by atomic mass is 10.2. The summed E-state index contributed by atoms with van der Waals surface area (Å²) < 4.78 is 0. The Bertz CT molecular complexity index is 310. The zero-order valence-corrected chi connectivity index (χ0v) is 12.3. The van der Waals surface area contributed by atoms with Gasteiger partial charge >= 0.3 is 0 Å². The highest BCUT2D eigenvalue weighted by molar-refractivity contribution is 7.98. The number of nitrogens with zero attached hydrogens (tertiary/aromatic N) is 1. The van der Waals surface area contributed by atoms with Crippen molar-refractivity contribution in [2.24, 2.45) is 0 Å². The molecule has 0 fully saturated rings. The first-order valence-electron chi connectivity index (χ1n) is 5.93. The third-order valence-electron chi connectivity index (χ3n) is 2.59. The fraction of sp³-hybridized carbons (Fsp3) is 0.750. The van der Waals surface area contributed by atoms with Gasteiger partial charge < -0.3 is 5.32 Å². The minimum atomic E-state index is 0.593. The number of hydrogen-bond donors (Lipinski definition) is 1. The van der Waals surface area contributed by atoms with Crippen LogP contribution in [-0.2, 0) is 12.3 Å². The Kier molecular flexibility index (Phi) is 6.39. The van der Waals surface area contributed by atoms with Gasteiger partial charge in [0.1, 0.15) is 5.01 Å². The molecule has 2 nitrogen and oxygen atoms in total. The van der Waals surface area contributed by atoms with Crippen molar-refractivity contribution in [1.82, 2.24) is 10.3 Å². The molecule has 1 rings (SSSR count). The van der Waals surface area contributed by atoms with Gasteiger partial charge in [-0.2, -0.15) is 11.8 Å². The topological polar surface area (TPSA) is 24.9 Å². The van der Waals surface area contributed by atoms with E-state index in [4.69, 9.17) is 0 Å². The molecule has 16 heavy (non-hydrogen) atoms. The lowest BCUT2D eigenvalue weighted by Gasteiger charge is -2.09. The molecule has 1 aromatic heterocycles. The minimum Gasteiger partial charge on any atom is -0.309 e. The zero-order valence-electron chi connectivity index (χ0n) is 10.7. The van der Waals surface area contributed by atoms with Crippen LogP contribution in [0.5, 0.6) is 0 Å². The summed E-state index contributed by atoms with van der Waals surface area (Å²) in [6.07, 6.45) is 1.18. The molecule has 0 spiro atoms. The van der Waals surface area contributed by atoms with Crippen LogP contribution in [0.1, 0.15) is 42.8 Å². The van der Waals surface area contributed by atoms with Crippen LogP contribution in [-0.4, -0.2) is 16.8 Å². The average molecular weight is 258 g/mol. The van der Waals surface area contributed by atoms with Crippen molar-refractivity contribution in [3.8, 4) is 0 Å². The standard InChI is InChI=1S/C12H22N2S2/c1-5-9(3)13-7-11-10(4)14-12(16-11)8-15-6-2/h9,13H,5-8H2,1-4H3. The van der Waals surface area contributed by atoms with Gasteiger partial charge in [0, 0.05) is 23.2 Å². The van der Waals surface area contributed by atoms with E-state index in [2.05, 4.69) is 38.0 Å². The van der Waals surface area contributed by atoms with E-state index in [1.807, 2.05) is 23.1 Å². The van der Waals surface area contributed by atoms with Crippen LogP contribution < -0.4 is 5.32 Å². The van der Waals surface area contributed by atoms with E-state index in [1.54, 1.807) is 0 Å². The summed E-state index contributed by atoms with van der Waals surface area (Å²) in [6.45, 7) is 9.71. The van der Waals surface area contributed by atoms with E-state index in [0.29, 0.717) is 6.04 Å². The van der Waals surface area contributed by atoms with Crippen molar-refractivity contribution in [3.05, 3.63) is 15.6 Å². The number of aryl methyl sites for hydroxylation is 1. The maximum Gasteiger partial charge on any atom is 0.103 e. The van der Waals surface area contributed by atoms with Crippen molar-refractivity contribution in [3.63, 3.8) is 0 Å². The van der Waals surface area contributed by atoms with Crippen LogP contribution >= 0.6 is 23.1 Å². The van der Waals surface area contributed by atoms with Crippen LogP contribution in [0.2, 0.25) is 0 Å². The fourth-order valence-electron chi connectivity index (χ4n) is 1.31. The molecule has 0 radical (unpaired) electrons. The molecule has 0 amide bonds. The Morgan fingerprint density at radius 3 is 2.81 bits per heavy atom. The van der Waals surface area contributed by atoms with E-state index in [0.717, 1.165) is 12.3 Å². The highest BCUT2D eigenvalue weighted by Gasteiger charge is 2.08. The zero-order chi connectivity index (χ0) is 12.0. The molecule has 0 bridgehead atoms. The van der Waals surface area contributed by atoms with E-state index < -0.39 is 0 Å². The van der Waals surface area contributed by atoms with Gasteiger partial charge in [-0.3, -0.25) is 0 Å². The first-order valence-corrected chi connectivity index (χ1v) is 7.90. The monoisotopic (exact) mass is 258 g/mol. The first kappa shape index (κ1) is 14.0. The largest absolute Gasteiger partial charge is 0.309 e. The van der Waals surface area contributed by atoms with Crippen molar-refractivity contribution in [2.45, 2.75) is 52.5 Å². The highest BCUT2D eigenvalue weighted by atomic mass is 32.2. The molecular formula is C12H22N2S2. The maximum atomic E-state index is 4.61. The van der Waals surface area contributed by atoms with Gasteiger partial charge in [-0.05, 0) is 26.0 Å². The SMILES string of the molecule is CCSCc1nc(C)c(CNC(C)CC)s1. The molecule has 0 aromatic carbocycles. The van der Waals surface area contributed by atoms with Crippen molar-refractivity contribution in [1.29, 1.82) is 0 Å². The van der Waals surface area contributed by atoms with Gasteiger partial charge in [-0.15, -0.1) is 11.3 Å². The summed E-state index contributed by atoms with van der Waals surface area (Å²) in [5.74, 6) is 2.23. The van der Waals surface area contributed by atoms with E-state index in [-0.39, 0.29) is 0 Å². The van der Waals surface area contributed by atoms with E-state index >= 15 is 0 Å². The van der Waals surface area contributed by atoms with Crippen molar-refractivity contribution < 1.29 is 0 Å². The normalized spacial score (nSPS) is 13.0. The van der Waals surface area contributed by atoms with Gasteiger partial charge in [-0.25, -0.2) is 4.98 Å². The number of aromatic nitrogens is 1. The van der Waals surface area contributed by atoms with Crippen LogP contribution in [0.4, 0.5) is 0 Å². The molecule has 1 heterocycles. The molecule has 0 aliphatic heterocycles. The molecule has 0 saturated heterocycles. The quantitative estimate of drug-likeness (QED) is 0.809. The predicted molar refractivity (Wildman–Crippen MR) is 75.3 cm³/mol. The second kappa shape index (κ2) is 7.30. The summed E-state index contributed by atoms with van der Waals surface area (Å²) >= 11 is 3.80. The maximum absolute atomic E-state index is 4.61. The number of rotatable bonds is 7. The molecule has 92 valence electrons. The first-order chi connectivity index (χ1) is 7.67. The third-order valence-corrected chi connectivity index (χ3v) is 4.82. The molecule has 0 aliphatic carbocycles. The van der Waals surface area contributed by atoms with E-state index in [9.17, 15) is 0 Å². The second-order valence-corrected chi connectivity index (χ2v) is 6.39. The summed E-state index contributed by atoms with van der Waals surface area (Å²) in [5.41, 5.74) is 1.20. The van der Waals surface area contributed by atoms with Crippen molar-refractivity contribution in [2.75, 3.05) is 5.75 Å². The Hall–Kier alpha value is -0.0600. The van der Waals surface area contributed by atoms with Gasteiger partial charge in [-0.1, -0.05) is 13.8 Å². The molecule has 4 heteroatoms. The molecule has 1 unspecified atom stereocenters. The lowest BCUT2D eigenvalue weighted by molar-refractivity contribution is 0.536. The minimum absolute atomic E-state index is 0.593. The highest BCUT2D eigenvalue weighted by Crippen LogP contribution is 2.22. The van der Waals surface area contributed by atoms with Gasteiger partial charge in [0.2, 0.25) is 0 Å². The summed E-state index contributed by atoms with van der Waals surface area (Å²) in [4.78, 5) is 6.00. The molecule has 0 aliphatic rings. The Balaban J connectivity index is 2.49. The number of thiazole rings is 1. The summed E-state index contributed by atoms with van der Waals surface area (Å²) in [5, 5.41) is 4.79. The fourth-order valence-corrected chi connectivity index (χ4v) is 3.06. The Morgan fingerprint density at radius 2 is 2.19 bits per heavy atom. The number of thioether (sulfide) groups is 1. The smallest absolute Gasteiger partial charge is 0.103 e. The molecule has 1 atom stereocenters. The number of hydrogen-bond acceptors (Lipinski definition) is 4. The van der Waals surface area contributed by atoms with E-state index in [1.165, 1.54) is 27.8 Å². The Morgan fingerprint density at radius 1 is 1.44 bits per heavy atom. The van der Waals surface area contributed by atoms with Crippen LogP contribution in [0.25, 0.3) is 0 Å². The molecule has 1 N–H and O–H groups in total.